The summed E-state index contributed by atoms with van der Waals surface area (Å²) in [6.07, 6.45) is 2.02. The van der Waals surface area contributed by atoms with Gasteiger partial charge in [0, 0.05) is 25.6 Å². The lowest BCUT2D eigenvalue weighted by molar-refractivity contribution is -0.124. The maximum atomic E-state index is 13.8. The van der Waals surface area contributed by atoms with E-state index in [0.29, 0.717) is 31.7 Å². The summed E-state index contributed by atoms with van der Waals surface area (Å²) in [4.78, 5) is 14.8. The van der Waals surface area contributed by atoms with Crippen LogP contribution in [0.1, 0.15) is 24.3 Å². The van der Waals surface area contributed by atoms with Gasteiger partial charge >= 0.3 is 0 Å². The van der Waals surface area contributed by atoms with E-state index in [4.69, 9.17) is 9.15 Å². The molecule has 0 aliphatic carbocycles. The molecule has 1 saturated heterocycles. The summed E-state index contributed by atoms with van der Waals surface area (Å²) >= 11 is 0. The summed E-state index contributed by atoms with van der Waals surface area (Å²) < 4.78 is 24.8. The molecule has 0 radical (unpaired) electrons. The SMILES string of the molecule is CC(Cc1ccccc1F)C(=O)NCC(c1ccco1)N1CCOCC1. The lowest BCUT2D eigenvalue weighted by Gasteiger charge is -2.33. The molecule has 1 aromatic carbocycles. The Hall–Kier alpha value is -2.18. The predicted molar refractivity (Wildman–Crippen MR) is 96.1 cm³/mol. The number of carbonyl (C=O) groups is 1. The zero-order chi connectivity index (χ0) is 18.4. The number of nitrogens with one attached hydrogen (secondary N) is 1. The van der Waals surface area contributed by atoms with Gasteiger partial charge in [-0.25, -0.2) is 4.39 Å². The van der Waals surface area contributed by atoms with Crippen LogP contribution in [0, 0.1) is 11.7 Å². The Kier molecular flexibility index (Phi) is 6.41. The van der Waals surface area contributed by atoms with Gasteiger partial charge in [0.05, 0.1) is 25.5 Å². The molecule has 1 aliphatic rings. The van der Waals surface area contributed by atoms with Crippen molar-refractivity contribution < 1.29 is 18.3 Å². The van der Waals surface area contributed by atoms with E-state index >= 15 is 0 Å². The Balaban J connectivity index is 1.59. The molecule has 5 nitrogen and oxygen atoms in total. The number of hydrogen-bond acceptors (Lipinski definition) is 4. The highest BCUT2D eigenvalue weighted by atomic mass is 19.1. The van der Waals surface area contributed by atoms with Gasteiger partial charge in [0.25, 0.3) is 0 Å². The first kappa shape index (κ1) is 18.6. The van der Waals surface area contributed by atoms with Crippen LogP contribution in [0.5, 0.6) is 0 Å². The average molecular weight is 360 g/mol. The molecular formula is C20H25FN2O3. The maximum absolute atomic E-state index is 13.8. The van der Waals surface area contributed by atoms with E-state index in [9.17, 15) is 9.18 Å². The largest absolute Gasteiger partial charge is 0.468 e. The minimum absolute atomic E-state index is 0.0292. The topological polar surface area (TPSA) is 54.7 Å². The second-order valence-corrected chi connectivity index (χ2v) is 6.62. The van der Waals surface area contributed by atoms with Crippen molar-refractivity contribution in [3.8, 4) is 0 Å². The van der Waals surface area contributed by atoms with E-state index in [1.807, 2.05) is 19.1 Å². The van der Waals surface area contributed by atoms with Crippen molar-refractivity contribution in [3.63, 3.8) is 0 Å². The molecule has 1 fully saturated rings. The molecule has 2 unspecified atom stereocenters. The van der Waals surface area contributed by atoms with Gasteiger partial charge in [-0.15, -0.1) is 0 Å². The van der Waals surface area contributed by atoms with E-state index in [1.165, 1.54) is 6.07 Å². The molecule has 0 bridgehead atoms. The summed E-state index contributed by atoms with van der Waals surface area (Å²) in [7, 11) is 0. The highest BCUT2D eigenvalue weighted by Gasteiger charge is 2.26. The molecule has 1 aromatic heterocycles. The van der Waals surface area contributed by atoms with Gasteiger partial charge in [0.15, 0.2) is 0 Å². The summed E-state index contributed by atoms with van der Waals surface area (Å²) in [5, 5.41) is 3.00. The molecule has 6 heteroatoms. The van der Waals surface area contributed by atoms with Gasteiger partial charge in [-0.05, 0) is 30.2 Å². The van der Waals surface area contributed by atoms with Crippen LogP contribution in [-0.4, -0.2) is 43.7 Å². The second-order valence-electron chi connectivity index (χ2n) is 6.62. The summed E-state index contributed by atoms with van der Waals surface area (Å²) in [6.45, 7) is 5.22. The zero-order valence-corrected chi connectivity index (χ0v) is 15.0. The number of benzene rings is 1. The van der Waals surface area contributed by atoms with Crippen LogP contribution in [0.15, 0.2) is 47.1 Å². The number of furan rings is 1. The first-order valence-corrected chi connectivity index (χ1v) is 9.01. The summed E-state index contributed by atoms with van der Waals surface area (Å²) in [5.74, 6) is 0.162. The summed E-state index contributed by atoms with van der Waals surface area (Å²) in [6, 6.07) is 10.3. The Bertz CT molecular complexity index is 699. The minimum atomic E-state index is -0.311. The smallest absolute Gasteiger partial charge is 0.223 e. The van der Waals surface area contributed by atoms with Gasteiger partial charge in [-0.3, -0.25) is 9.69 Å². The average Bonchev–Trinajstić information content (AvgIpc) is 3.19. The Morgan fingerprint density at radius 1 is 1.23 bits per heavy atom. The number of rotatable bonds is 7. The third-order valence-corrected chi connectivity index (χ3v) is 4.76. The normalized spacial score (nSPS) is 17.6. The number of amides is 1. The quantitative estimate of drug-likeness (QED) is 0.825. The Morgan fingerprint density at radius 3 is 2.69 bits per heavy atom. The van der Waals surface area contributed by atoms with Crippen LogP contribution >= 0.6 is 0 Å². The summed E-state index contributed by atoms with van der Waals surface area (Å²) in [5.41, 5.74) is 0.561. The van der Waals surface area contributed by atoms with Crippen LogP contribution < -0.4 is 5.32 Å². The van der Waals surface area contributed by atoms with Gasteiger partial charge in [0.2, 0.25) is 5.91 Å². The zero-order valence-electron chi connectivity index (χ0n) is 15.0. The van der Waals surface area contributed by atoms with Gasteiger partial charge < -0.3 is 14.5 Å². The van der Waals surface area contributed by atoms with E-state index < -0.39 is 0 Å². The molecule has 140 valence electrons. The Morgan fingerprint density at radius 2 is 2.00 bits per heavy atom. The van der Waals surface area contributed by atoms with Crippen molar-refractivity contribution in [1.29, 1.82) is 0 Å². The molecule has 1 N–H and O–H groups in total. The molecular weight excluding hydrogens is 335 g/mol. The molecule has 0 spiro atoms. The lowest BCUT2D eigenvalue weighted by atomic mass is 10.00. The minimum Gasteiger partial charge on any atom is -0.468 e. The first-order chi connectivity index (χ1) is 12.6. The van der Waals surface area contributed by atoms with Crippen molar-refractivity contribution in [3.05, 3.63) is 59.8 Å². The monoisotopic (exact) mass is 360 g/mol. The third-order valence-electron chi connectivity index (χ3n) is 4.76. The maximum Gasteiger partial charge on any atom is 0.223 e. The fourth-order valence-electron chi connectivity index (χ4n) is 3.24. The van der Waals surface area contributed by atoms with E-state index in [1.54, 1.807) is 24.5 Å². The fraction of sp³-hybridized carbons (Fsp3) is 0.450. The molecule has 2 heterocycles. The van der Waals surface area contributed by atoms with E-state index in [0.717, 1.165) is 18.8 Å². The van der Waals surface area contributed by atoms with Crippen LogP contribution in [-0.2, 0) is 16.0 Å². The Labute approximate surface area is 153 Å². The van der Waals surface area contributed by atoms with Crippen molar-refractivity contribution in [1.82, 2.24) is 10.2 Å². The standard InChI is InChI=1S/C20H25FN2O3/c1-15(13-16-5-2-3-6-17(16)21)20(24)22-14-18(19-7-4-10-26-19)23-8-11-25-12-9-23/h2-7,10,15,18H,8-9,11-14H2,1H3,(H,22,24). The number of halogens is 1. The highest BCUT2D eigenvalue weighted by molar-refractivity contribution is 5.78. The first-order valence-electron chi connectivity index (χ1n) is 9.01. The van der Waals surface area contributed by atoms with Gasteiger partial charge in [-0.2, -0.15) is 0 Å². The number of ether oxygens (including phenoxy) is 1. The highest BCUT2D eigenvalue weighted by Crippen LogP contribution is 2.22. The van der Waals surface area contributed by atoms with Crippen molar-refractivity contribution >= 4 is 5.91 Å². The van der Waals surface area contributed by atoms with Crippen LogP contribution in [0.4, 0.5) is 4.39 Å². The number of carbonyl (C=O) groups excluding carboxylic acids is 1. The van der Waals surface area contributed by atoms with E-state index in [-0.39, 0.29) is 23.7 Å². The molecule has 2 aromatic rings. The number of hydrogen-bond donors (Lipinski definition) is 1. The molecule has 0 saturated carbocycles. The van der Waals surface area contributed by atoms with E-state index in [2.05, 4.69) is 10.2 Å². The fourth-order valence-corrected chi connectivity index (χ4v) is 3.24. The molecule has 2 atom stereocenters. The van der Waals surface area contributed by atoms with Gasteiger partial charge in [-0.1, -0.05) is 25.1 Å². The predicted octanol–water partition coefficient (Wildman–Crippen LogP) is 2.79. The van der Waals surface area contributed by atoms with Crippen LogP contribution in [0.2, 0.25) is 0 Å². The second kappa shape index (κ2) is 8.96. The molecule has 3 rings (SSSR count). The molecule has 26 heavy (non-hydrogen) atoms. The third kappa shape index (κ3) is 4.71. The number of nitrogens with zero attached hydrogens (tertiary/aromatic N) is 1. The van der Waals surface area contributed by atoms with Crippen LogP contribution in [0.3, 0.4) is 0 Å². The molecule has 1 aliphatic heterocycles. The van der Waals surface area contributed by atoms with Crippen molar-refractivity contribution in [2.75, 3.05) is 32.8 Å². The van der Waals surface area contributed by atoms with Crippen molar-refractivity contribution in [2.45, 2.75) is 19.4 Å². The molecule has 1 amide bonds. The van der Waals surface area contributed by atoms with Crippen LogP contribution in [0.25, 0.3) is 0 Å². The van der Waals surface area contributed by atoms with Gasteiger partial charge in [0.1, 0.15) is 11.6 Å². The lowest BCUT2D eigenvalue weighted by Crippen LogP contribution is -2.44. The van der Waals surface area contributed by atoms with Crippen molar-refractivity contribution in [2.24, 2.45) is 5.92 Å². The number of morpholine rings is 1.